The molecule has 1 atom stereocenters. The Bertz CT molecular complexity index is 602. The fourth-order valence-corrected chi connectivity index (χ4v) is 1.80. The minimum atomic E-state index is -0.749. The molecule has 0 saturated heterocycles. The Morgan fingerprint density at radius 1 is 1.00 bits per heavy atom. The van der Waals surface area contributed by atoms with E-state index in [0.29, 0.717) is 11.3 Å². The van der Waals surface area contributed by atoms with Gasteiger partial charge < -0.3 is 15.5 Å². The molecule has 0 aliphatic carbocycles. The van der Waals surface area contributed by atoms with Crippen molar-refractivity contribution in [3.8, 4) is 11.5 Å². The van der Waals surface area contributed by atoms with Gasteiger partial charge in [-0.25, -0.2) is 8.78 Å². The van der Waals surface area contributed by atoms with Crippen LogP contribution in [0.4, 0.5) is 14.5 Å². The van der Waals surface area contributed by atoms with Crippen LogP contribution in [-0.2, 0) is 0 Å². The molecule has 2 aromatic carbocycles. The highest BCUT2D eigenvalue weighted by atomic mass is 19.1. The number of phenolic OH excluding ortho intramolecular Hbond substituents is 2. The van der Waals surface area contributed by atoms with E-state index in [1.807, 2.05) is 0 Å². The van der Waals surface area contributed by atoms with E-state index in [0.717, 1.165) is 12.1 Å². The zero-order valence-electron chi connectivity index (χ0n) is 10.2. The summed E-state index contributed by atoms with van der Waals surface area (Å²) in [7, 11) is 0. The van der Waals surface area contributed by atoms with Crippen molar-refractivity contribution in [1.82, 2.24) is 0 Å². The summed E-state index contributed by atoms with van der Waals surface area (Å²) in [6.07, 6.45) is 0. The van der Waals surface area contributed by atoms with Crippen LogP contribution in [0, 0.1) is 11.6 Å². The van der Waals surface area contributed by atoms with Gasteiger partial charge >= 0.3 is 0 Å². The van der Waals surface area contributed by atoms with Gasteiger partial charge in [-0.05, 0) is 37.3 Å². The van der Waals surface area contributed by atoms with Gasteiger partial charge in [-0.1, -0.05) is 0 Å². The number of aromatic hydroxyl groups is 2. The lowest BCUT2D eigenvalue weighted by Gasteiger charge is -2.17. The SMILES string of the molecule is CC(Nc1ccc(O)c(F)c1)c1cc(F)ccc1O. The predicted octanol–water partition coefficient (Wildman–Crippen LogP) is 3.55. The largest absolute Gasteiger partial charge is 0.508 e. The number of nitrogens with one attached hydrogen (secondary N) is 1. The second-order valence-corrected chi connectivity index (χ2v) is 4.24. The van der Waals surface area contributed by atoms with Crippen LogP contribution < -0.4 is 5.32 Å². The van der Waals surface area contributed by atoms with Gasteiger partial charge in [0, 0.05) is 17.3 Å². The molecule has 1 unspecified atom stereocenters. The monoisotopic (exact) mass is 265 g/mol. The average Bonchev–Trinajstić information content (AvgIpc) is 2.36. The molecule has 0 radical (unpaired) electrons. The van der Waals surface area contributed by atoms with Gasteiger partial charge in [-0.3, -0.25) is 0 Å². The molecule has 0 aliphatic heterocycles. The van der Waals surface area contributed by atoms with E-state index in [-0.39, 0.29) is 5.75 Å². The number of benzene rings is 2. The second kappa shape index (κ2) is 5.14. The van der Waals surface area contributed by atoms with Crippen LogP contribution in [0.2, 0.25) is 0 Å². The lowest BCUT2D eigenvalue weighted by Crippen LogP contribution is -2.07. The molecule has 0 bridgehead atoms. The highest BCUT2D eigenvalue weighted by Crippen LogP contribution is 2.28. The maximum absolute atomic E-state index is 13.2. The highest BCUT2D eigenvalue weighted by molar-refractivity contribution is 5.50. The van der Waals surface area contributed by atoms with Crippen molar-refractivity contribution in [2.24, 2.45) is 0 Å². The molecule has 0 aliphatic rings. The number of hydrogen-bond donors (Lipinski definition) is 3. The van der Waals surface area contributed by atoms with Crippen molar-refractivity contribution in [1.29, 1.82) is 0 Å². The second-order valence-electron chi connectivity index (χ2n) is 4.24. The van der Waals surface area contributed by atoms with Gasteiger partial charge in [0.1, 0.15) is 11.6 Å². The summed E-state index contributed by atoms with van der Waals surface area (Å²) in [4.78, 5) is 0. The molecule has 0 aromatic heterocycles. The normalized spacial score (nSPS) is 12.2. The molecule has 3 N–H and O–H groups in total. The van der Waals surface area contributed by atoms with E-state index >= 15 is 0 Å². The summed E-state index contributed by atoms with van der Waals surface area (Å²) < 4.78 is 26.3. The smallest absolute Gasteiger partial charge is 0.166 e. The highest BCUT2D eigenvalue weighted by Gasteiger charge is 2.12. The first kappa shape index (κ1) is 13.1. The fraction of sp³-hybridized carbons (Fsp3) is 0.143. The number of anilines is 1. The summed E-state index contributed by atoms with van der Waals surface area (Å²) in [6, 6.07) is 7.05. The Kier molecular flexibility index (Phi) is 3.55. The molecule has 5 heteroatoms. The van der Waals surface area contributed by atoms with E-state index in [4.69, 9.17) is 5.11 Å². The lowest BCUT2D eigenvalue weighted by molar-refractivity contribution is 0.432. The van der Waals surface area contributed by atoms with E-state index in [9.17, 15) is 13.9 Å². The third kappa shape index (κ3) is 2.93. The van der Waals surface area contributed by atoms with Crippen LogP contribution in [0.15, 0.2) is 36.4 Å². The van der Waals surface area contributed by atoms with E-state index in [1.54, 1.807) is 6.92 Å². The Morgan fingerprint density at radius 3 is 2.37 bits per heavy atom. The topological polar surface area (TPSA) is 52.5 Å². The number of phenols is 2. The van der Waals surface area contributed by atoms with Crippen LogP contribution in [-0.4, -0.2) is 10.2 Å². The average molecular weight is 265 g/mol. The molecule has 0 amide bonds. The predicted molar refractivity (Wildman–Crippen MR) is 68.2 cm³/mol. The lowest BCUT2D eigenvalue weighted by atomic mass is 10.1. The Labute approximate surface area is 109 Å². The van der Waals surface area contributed by atoms with Gasteiger partial charge in [0.2, 0.25) is 0 Å². The maximum atomic E-state index is 13.2. The van der Waals surface area contributed by atoms with Crippen LogP contribution >= 0.6 is 0 Å². The first-order chi connectivity index (χ1) is 8.97. The summed E-state index contributed by atoms with van der Waals surface area (Å²) in [5.41, 5.74) is 0.792. The van der Waals surface area contributed by atoms with Crippen molar-refractivity contribution >= 4 is 5.69 Å². The quantitative estimate of drug-likeness (QED) is 0.744. The minimum Gasteiger partial charge on any atom is -0.508 e. The number of rotatable bonds is 3. The van der Waals surface area contributed by atoms with Crippen molar-refractivity contribution in [3.63, 3.8) is 0 Å². The Morgan fingerprint density at radius 2 is 1.68 bits per heavy atom. The zero-order valence-corrected chi connectivity index (χ0v) is 10.2. The van der Waals surface area contributed by atoms with Crippen LogP contribution in [0.5, 0.6) is 11.5 Å². The van der Waals surface area contributed by atoms with Crippen LogP contribution in [0.3, 0.4) is 0 Å². The van der Waals surface area contributed by atoms with Gasteiger partial charge in [0.25, 0.3) is 0 Å². The van der Waals surface area contributed by atoms with Crippen molar-refractivity contribution in [2.75, 3.05) is 5.32 Å². The van der Waals surface area contributed by atoms with E-state index in [1.165, 1.54) is 24.3 Å². The molecule has 0 saturated carbocycles. The molecule has 0 fully saturated rings. The molecule has 100 valence electrons. The van der Waals surface area contributed by atoms with Gasteiger partial charge in [0.15, 0.2) is 11.6 Å². The van der Waals surface area contributed by atoms with Crippen LogP contribution in [0.25, 0.3) is 0 Å². The van der Waals surface area contributed by atoms with Crippen molar-refractivity contribution in [3.05, 3.63) is 53.6 Å². The van der Waals surface area contributed by atoms with Gasteiger partial charge in [0.05, 0.1) is 6.04 Å². The minimum absolute atomic E-state index is 0.0411. The van der Waals surface area contributed by atoms with Crippen LogP contribution in [0.1, 0.15) is 18.5 Å². The van der Waals surface area contributed by atoms with Gasteiger partial charge in [-0.2, -0.15) is 0 Å². The van der Waals surface area contributed by atoms with E-state index < -0.39 is 23.4 Å². The fourth-order valence-electron chi connectivity index (χ4n) is 1.80. The zero-order chi connectivity index (χ0) is 14.0. The summed E-state index contributed by atoms with van der Waals surface area (Å²) in [5, 5.41) is 21.7. The van der Waals surface area contributed by atoms with Crippen molar-refractivity contribution < 1.29 is 19.0 Å². The summed E-state index contributed by atoms with van der Waals surface area (Å²) in [6.45, 7) is 1.71. The molecule has 3 nitrogen and oxygen atoms in total. The first-order valence-electron chi connectivity index (χ1n) is 5.71. The molecule has 2 rings (SSSR count). The third-order valence-corrected chi connectivity index (χ3v) is 2.79. The van der Waals surface area contributed by atoms with Crippen molar-refractivity contribution in [2.45, 2.75) is 13.0 Å². The van der Waals surface area contributed by atoms with Gasteiger partial charge in [-0.15, -0.1) is 0 Å². The standard InChI is InChI=1S/C14H13F2NO2/c1-8(11-6-9(15)2-4-13(11)18)17-10-3-5-14(19)12(16)7-10/h2-8,17-19H,1H3. The number of halogens is 2. The Balaban J connectivity index is 2.22. The molecule has 19 heavy (non-hydrogen) atoms. The molecular weight excluding hydrogens is 252 g/mol. The molecule has 0 spiro atoms. The number of hydrogen-bond acceptors (Lipinski definition) is 3. The molecule has 2 aromatic rings. The Hall–Kier alpha value is -2.30. The first-order valence-corrected chi connectivity index (χ1v) is 5.71. The maximum Gasteiger partial charge on any atom is 0.166 e. The molecule has 0 heterocycles. The molecular formula is C14H13F2NO2. The summed E-state index contributed by atoms with van der Waals surface area (Å²) in [5.74, 6) is -1.69. The summed E-state index contributed by atoms with van der Waals surface area (Å²) >= 11 is 0. The third-order valence-electron chi connectivity index (χ3n) is 2.79. The van der Waals surface area contributed by atoms with E-state index in [2.05, 4.69) is 5.32 Å².